The molecule has 3 rings (SSSR count). The van der Waals surface area contributed by atoms with Crippen LogP contribution in [0.25, 0.3) is 0 Å². The number of carbonyl (C=O) groups is 2. The van der Waals surface area contributed by atoms with Gasteiger partial charge < -0.3 is 19.9 Å². The zero-order valence-electron chi connectivity index (χ0n) is 19.8. The van der Waals surface area contributed by atoms with Gasteiger partial charge in [0.15, 0.2) is 11.0 Å². The molecular weight excluding hydrogens is 554 g/mol. The smallest absolute Gasteiger partial charge is 0.251 e. The summed E-state index contributed by atoms with van der Waals surface area (Å²) in [5.74, 6) is 1.15. The summed E-state index contributed by atoms with van der Waals surface area (Å²) in [7, 11) is 1.58. The first-order valence-corrected chi connectivity index (χ1v) is 13.1. The number of amides is 2. The van der Waals surface area contributed by atoms with Crippen LogP contribution in [0.3, 0.4) is 0 Å². The van der Waals surface area contributed by atoms with E-state index in [0.29, 0.717) is 39.5 Å². The van der Waals surface area contributed by atoms with Crippen molar-refractivity contribution in [3.63, 3.8) is 0 Å². The number of nitrogens with one attached hydrogen (secondary N) is 2. The molecule has 1 atom stereocenters. The second kappa shape index (κ2) is 12.4. The van der Waals surface area contributed by atoms with Crippen molar-refractivity contribution in [1.29, 1.82) is 0 Å². The van der Waals surface area contributed by atoms with E-state index in [1.807, 2.05) is 25.3 Å². The summed E-state index contributed by atoms with van der Waals surface area (Å²) in [6.07, 6.45) is 0. The molecule has 0 radical (unpaired) electrons. The fraction of sp³-hybridized carbons (Fsp3) is 0.333. The van der Waals surface area contributed by atoms with Crippen LogP contribution in [0.2, 0.25) is 5.02 Å². The zero-order chi connectivity index (χ0) is 25.5. The third-order valence-electron chi connectivity index (χ3n) is 5.18. The molecule has 0 fully saturated rings. The number of hydrogen-bond donors (Lipinski definition) is 2. The number of carbonyl (C=O) groups excluding carboxylic acids is 2. The highest BCUT2D eigenvalue weighted by Gasteiger charge is 2.26. The van der Waals surface area contributed by atoms with Crippen molar-refractivity contribution in [3.8, 4) is 5.75 Å². The van der Waals surface area contributed by atoms with Crippen LogP contribution >= 0.6 is 39.3 Å². The lowest BCUT2D eigenvalue weighted by Gasteiger charge is -2.22. The van der Waals surface area contributed by atoms with Crippen LogP contribution in [0, 0.1) is 5.92 Å². The number of nitrogens with zero attached hydrogens (tertiary/aromatic N) is 3. The van der Waals surface area contributed by atoms with Crippen molar-refractivity contribution in [2.24, 2.45) is 5.92 Å². The molecule has 8 nitrogen and oxygen atoms in total. The van der Waals surface area contributed by atoms with E-state index in [9.17, 15) is 9.59 Å². The summed E-state index contributed by atoms with van der Waals surface area (Å²) in [5, 5.41) is 15.7. The Balaban J connectivity index is 1.70. The third kappa shape index (κ3) is 6.99. The molecule has 2 amide bonds. The lowest BCUT2D eigenvalue weighted by atomic mass is 10.0. The monoisotopic (exact) mass is 579 g/mol. The van der Waals surface area contributed by atoms with Gasteiger partial charge in [-0.25, -0.2) is 0 Å². The van der Waals surface area contributed by atoms with Crippen LogP contribution in [-0.2, 0) is 11.3 Å². The topological polar surface area (TPSA) is 98.1 Å². The SMILES string of the molecule is CCn1c(SCC(=O)Nc2ccc(Br)c(Cl)c2)nnc1[C@@H](NC(=O)c1ccc(OC)cc1)C(C)C. The number of thioether (sulfide) groups is 1. The average Bonchev–Trinajstić information content (AvgIpc) is 3.25. The van der Waals surface area contributed by atoms with Gasteiger partial charge in [-0.05, 0) is 71.2 Å². The Labute approximate surface area is 222 Å². The Kier molecular flexibility index (Phi) is 9.59. The Morgan fingerprint density at radius 1 is 1.17 bits per heavy atom. The number of halogens is 2. The van der Waals surface area contributed by atoms with Crippen LogP contribution in [0.15, 0.2) is 52.1 Å². The number of ether oxygens (including phenoxy) is 1. The van der Waals surface area contributed by atoms with Crippen LogP contribution in [0.4, 0.5) is 5.69 Å². The van der Waals surface area contributed by atoms with E-state index >= 15 is 0 Å². The summed E-state index contributed by atoms with van der Waals surface area (Å²) in [4.78, 5) is 25.4. The second-order valence-corrected chi connectivity index (χ2v) is 10.2. The number of benzene rings is 2. The fourth-order valence-electron chi connectivity index (χ4n) is 3.33. The minimum Gasteiger partial charge on any atom is -0.497 e. The maximum absolute atomic E-state index is 12.9. The Morgan fingerprint density at radius 3 is 2.49 bits per heavy atom. The highest BCUT2D eigenvalue weighted by molar-refractivity contribution is 9.10. The van der Waals surface area contributed by atoms with Gasteiger partial charge in [0, 0.05) is 22.3 Å². The van der Waals surface area contributed by atoms with E-state index in [2.05, 4.69) is 36.8 Å². The van der Waals surface area contributed by atoms with Crippen molar-refractivity contribution < 1.29 is 14.3 Å². The first kappa shape index (κ1) is 27.0. The van der Waals surface area contributed by atoms with E-state index < -0.39 is 0 Å². The lowest BCUT2D eigenvalue weighted by molar-refractivity contribution is -0.113. The Morgan fingerprint density at radius 2 is 1.89 bits per heavy atom. The molecule has 0 spiro atoms. The van der Waals surface area contributed by atoms with Gasteiger partial charge in [0.25, 0.3) is 5.91 Å². The summed E-state index contributed by atoms with van der Waals surface area (Å²) < 4.78 is 7.84. The molecule has 1 aromatic heterocycles. The predicted molar refractivity (Wildman–Crippen MR) is 142 cm³/mol. The molecule has 0 unspecified atom stereocenters. The van der Waals surface area contributed by atoms with Crippen LogP contribution < -0.4 is 15.4 Å². The number of aromatic nitrogens is 3. The maximum Gasteiger partial charge on any atom is 0.251 e. The maximum atomic E-state index is 12.9. The van der Waals surface area contributed by atoms with Gasteiger partial charge in [-0.3, -0.25) is 9.59 Å². The first-order chi connectivity index (χ1) is 16.7. The molecule has 11 heteroatoms. The molecule has 3 aromatic rings. The zero-order valence-corrected chi connectivity index (χ0v) is 23.0. The molecule has 0 saturated carbocycles. The molecule has 0 aliphatic rings. The normalized spacial score (nSPS) is 11.9. The minimum atomic E-state index is -0.356. The van der Waals surface area contributed by atoms with Gasteiger partial charge in [-0.2, -0.15) is 0 Å². The van der Waals surface area contributed by atoms with Gasteiger partial charge in [-0.1, -0.05) is 37.2 Å². The molecule has 35 heavy (non-hydrogen) atoms. The predicted octanol–water partition coefficient (Wildman–Crippen LogP) is 5.58. The molecule has 2 aromatic carbocycles. The van der Waals surface area contributed by atoms with Crippen molar-refractivity contribution in [3.05, 3.63) is 63.3 Å². The summed E-state index contributed by atoms with van der Waals surface area (Å²) in [6, 6.07) is 11.8. The van der Waals surface area contributed by atoms with E-state index in [0.717, 1.165) is 4.47 Å². The van der Waals surface area contributed by atoms with E-state index in [1.165, 1.54) is 11.8 Å². The second-order valence-electron chi connectivity index (χ2n) is 7.97. The summed E-state index contributed by atoms with van der Waals surface area (Å²) >= 11 is 10.7. The number of hydrogen-bond acceptors (Lipinski definition) is 6. The van der Waals surface area contributed by atoms with Crippen molar-refractivity contribution in [2.75, 3.05) is 18.2 Å². The molecule has 0 aliphatic carbocycles. The van der Waals surface area contributed by atoms with Crippen molar-refractivity contribution in [2.45, 2.75) is 38.5 Å². The van der Waals surface area contributed by atoms with E-state index in [-0.39, 0.29) is 29.5 Å². The van der Waals surface area contributed by atoms with E-state index in [4.69, 9.17) is 16.3 Å². The number of rotatable bonds is 10. The summed E-state index contributed by atoms with van der Waals surface area (Å²) in [6.45, 7) is 6.59. The minimum absolute atomic E-state index is 0.0648. The number of methoxy groups -OCH3 is 1. The first-order valence-electron chi connectivity index (χ1n) is 11.0. The van der Waals surface area contributed by atoms with Crippen LogP contribution in [0.1, 0.15) is 43.0 Å². The van der Waals surface area contributed by atoms with Gasteiger partial charge in [0.2, 0.25) is 5.91 Å². The standard InChI is InChI=1S/C24H27BrClN5O3S/c1-5-31-22(21(14(2)3)28-23(33)15-6-9-17(34-4)10-7-15)29-30-24(31)35-13-20(32)27-16-8-11-18(25)19(26)12-16/h6-12,14,21H,5,13H2,1-4H3,(H,27,32)(H,28,33)/t21-/m0/s1. The average molecular weight is 581 g/mol. The lowest BCUT2D eigenvalue weighted by Crippen LogP contribution is -2.33. The van der Waals surface area contributed by atoms with Crippen molar-refractivity contribution in [1.82, 2.24) is 20.1 Å². The molecule has 0 aliphatic heterocycles. The van der Waals surface area contributed by atoms with E-state index in [1.54, 1.807) is 49.6 Å². The Bertz CT molecular complexity index is 1190. The van der Waals surface area contributed by atoms with Gasteiger partial charge in [0.1, 0.15) is 5.75 Å². The van der Waals surface area contributed by atoms with Gasteiger partial charge in [0.05, 0.1) is 23.9 Å². The molecular formula is C24H27BrClN5O3S. The molecule has 0 bridgehead atoms. The molecule has 1 heterocycles. The highest BCUT2D eigenvalue weighted by Crippen LogP contribution is 2.27. The highest BCUT2D eigenvalue weighted by atomic mass is 79.9. The fourth-order valence-corrected chi connectivity index (χ4v) is 4.57. The largest absolute Gasteiger partial charge is 0.497 e. The summed E-state index contributed by atoms with van der Waals surface area (Å²) in [5.41, 5.74) is 1.14. The van der Waals surface area contributed by atoms with Crippen LogP contribution in [-0.4, -0.2) is 39.4 Å². The van der Waals surface area contributed by atoms with Crippen molar-refractivity contribution >= 4 is 56.8 Å². The molecule has 0 saturated heterocycles. The molecule has 2 N–H and O–H groups in total. The quantitative estimate of drug-likeness (QED) is 0.304. The van der Waals surface area contributed by atoms with Gasteiger partial charge in [-0.15, -0.1) is 10.2 Å². The third-order valence-corrected chi connectivity index (χ3v) is 7.38. The van der Waals surface area contributed by atoms with Crippen LogP contribution in [0.5, 0.6) is 5.75 Å². The number of anilines is 1. The van der Waals surface area contributed by atoms with Gasteiger partial charge >= 0.3 is 0 Å². The Hall–Kier alpha value is -2.56. The molecule has 186 valence electrons.